The number of carboxylic acids is 1. The molecular formula is C13H20FN3O3. The van der Waals surface area contributed by atoms with Crippen molar-refractivity contribution < 1.29 is 19.1 Å². The van der Waals surface area contributed by atoms with E-state index in [9.17, 15) is 14.0 Å². The number of hydrogen-bond acceptors (Lipinski definition) is 3. The molecule has 0 fully saturated rings. The van der Waals surface area contributed by atoms with Gasteiger partial charge in [0.25, 0.3) is 5.91 Å². The van der Waals surface area contributed by atoms with Gasteiger partial charge in [0.1, 0.15) is 12.4 Å². The van der Waals surface area contributed by atoms with E-state index in [1.54, 1.807) is 10.7 Å². The summed E-state index contributed by atoms with van der Waals surface area (Å²) < 4.78 is 14.2. The second-order valence-corrected chi connectivity index (χ2v) is 4.60. The summed E-state index contributed by atoms with van der Waals surface area (Å²) in [6, 6.07) is 0.222. The molecule has 1 aromatic heterocycles. The van der Waals surface area contributed by atoms with Gasteiger partial charge in [-0.1, -0.05) is 13.8 Å². The number of aliphatic carboxylic acids is 1. The Labute approximate surface area is 117 Å². The van der Waals surface area contributed by atoms with Crippen molar-refractivity contribution in [1.29, 1.82) is 0 Å². The molecule has 7 heteroatoms. The van der Waals surface area contributed by atoms with Gasteiger partial charge in [0.05, 0.1) is 6.04 Å². The predicted molar refractivity (Wildman–Crippen MR) is 71.4 cm³/mol. The normalized spacial score (nSPS) is 12.4. The molecule has 1 atom stereocenters. The highest BCUT2D eigenvalue weighted by atomic mass is 19.1. The van der Waals surface area contributed by atoms with Gasteiger partial charge in [-0.2, -0.15) is 5.10 Å². The first kappa shape index (κ1) is 16.1. The second kappa shape index (κ2) is 7.02. The van der Waals surface area contributed by atoms with Gasteiger partial charge in [-0.15, -0.1) is 0 Å². The lowest BCUT2D eigenvalue weighted by Gasteiger charge is -2.14. The molecule has 0 aromatic carbocycles. The topological polar surface area (TPSA) is 84.2 Å². The lowest BCUT2D eigenvalue weighted by atomic mass is 10.2. The number of rotatable bonds is 7. The zero-order valence-electron chi connectivity index (χ0n) is 11.9. The summed E-state index contributed by atoms with van der Waals surface area (Å²) in [7, 11) is 0. The average Bonchev–Trinajstić information content (AvgIpc) is 2.79. The molecule has 0 spiro atoms. The number of halogens is 1. The fourth-order valence-electron chi connectivity index (χ4n) is 2.00. The smallest absolute Gasteiger partial charge is 0.328 e. The maximum atomic E-state index is 12.5. The summed E-state index contributed by atoms with van der Waals surface area (Å²) in [4.78, 5) is 22.6. The summed E-state index contributed by atoms with van der Waals surface area (Å²) in [5.74, 6) is -2.08. The number of alkyl halides is 1. The molecule has 0 aliphatic rings. The van der Waals surface area contributed by atoms with E-state index in [0.29, 0.717) is 0 Å². The van der Waals surface area contributed by atoms with Crippen molar-refractivity contribution in [2.45, 2.75) is 45.7 Å². The van der Waals surface area contributed by atoms with Crippen LogP contribution in [0.2, 0.25) is 0 Å². The first-order valence-electron chi connectivity index (χ1n) is 6.60. The van der Waals surface area contributed by atoms with E-state index in [1.165, 1.54) is 0 Å². The quantitative estimate of drug-likeness (QED) is 0.798. The Balaban J connectivity index is 2.90. The van der Waals surface area contributed by atoms with E-state index < -0.39 is 24.6 Å². The van der Waals surface area contributed by atoms with Gasteiger partial charge >= 0.3 is 5.97 Å². The van der Waals surface area contributed by atoms with Gasteiger partial charge in [0.15, 0.2) is 6.04 Å². The van der Waals surface area contributed by atoms with Crippen molar-refractivity contribution in [2.24, 2.45) is 0 Å². The minimum atomic E-state index is -1.54. The molecule has 2 N–H and O–H groups in total. The van der Waals surface area contributed by atoms with E-state index >= 15 is 0 Å². The number of amides is 1. The van der Waals surface area contributed by atoms with Crippen molar-refractivity contribution >= 4 is 11.9 Å². The standard InChI is InChI=1S/C13H20FN3O3/c1-4-9(5-2)17-8(3)6-10(16-17)12(18)15-11(7-14)13(19)20/h6,9,11H,4-5,7H2,1-3H3,(H,15,18)(H,19,20). The van der Waals surface area contributed by atoms with Gasteiger partial charge in [-0.3, -0.25) is 9.48 Å². The third kappa shape index (κ3) is 3.55. The summed E-state index contributed by atoms with van der Waals surface area (Å²) >= 11 is 0. The molecule has 1 unspecified atom stereocenters. The van der Waals surface area contributed by atoms with Gasteiger partial charge in [-0.05, 0) is 25.8 Å². The van der Waals surface area contributed by atoms with E-state index in [-0.39, 0.29) is 11.7 Å². The number of carbonyl (C=O) groups is 2. The molecule has 1 heterocycles. The Kier molecular flexibility index (Phi) is 5.66. The second-order valence-electron chi connectivity index (χ2n) is 4.60. The predicted octanol–water partition coefficient (Wildman–Crippen LogP) is 1.71. The van der Waals surface area contributed by atoms with Gasteiger partial charge in [0.2, 0.25) is 0 Å². The molecular weight excluding hydrogens is 265 g/mol. The van der Waals surface area contributed by atoms with Crippen LogP contribution >= 0.6 is 0 Å². The van der Waals surface area contributed by atoms with Crippen LogP contribution in [0, 0.1) is 6.92 Å². The maximum Gasteiger partial charge on any atom is 0.328 e. The molecule has 112 valence electrons. The number of hydrogen-bond donors (Lipinski definition) is 2. The van der Waals surface area contributed by atoms with Crippen molar-refractivity contribution in [3.63, 3.8) is 0 Å². The number of carbonyl (C=O) groups excluding carboxylic acids is 1. The number of carboxylic acid groups (broad SMARTS) is 1. The first-order chi connectivity index (χ1) is 9.44. The fraction of sp³-hybridized carbons (Fsp3) is 0.615. The van der Waals surface area contributed by atoms with Crippen molar-refractivity contribution in [1.82, 2.24) is 15.1 Å². The monoisotopic (exact) mass is 285 g/mol. The van der Waals surface area contributed by atoms with E-state index in [4.69, 9.17) is 5.11 Å². The molecule has 1 rings (SSSR count). The van der Waals surface area contributed by atoms with Crippen LogP contribution in [0.1, 0.15) is 48.9 Å². The minimum absolute atomic E-state index is 0.106. The molecule has 0 aliphatic carbocycles. The van der Waals surface area contributed by atoms with E-state index in [0.717, 1.165) is 18.5 Å². The highest BCUT2D eigenvalue weighted by Gasteiger charge is 2.23. The Morgan fingerprint density at radius 2 is 2.05 bits per heavy atom. The van der Waals surface area contributed by atoms with Crippen LogP contribution in [0.5, 0.6) is 0 Å². The van der Waals surface area contributed by atoms with Crippen LogP contribution in [0.4, 0.5) is 4.39 Å². The fourth-order valence-corrected chi connectivity index (χ4v) is 2.00. The molecule has 0 aliphatic heterocycles. The number of aryl methyl sites for hydroxylation is 1. The van der Waals surface area contributed by atoms with Crippen LogP contribution in [-0.2, 0) is 4.79 Å². The summed E-state index contributed by atoms with van der Waals surface area (Å²) in [5, 5.41) is 15.0. The number of nitrogens with one attached hydrogen (secondary N) is 1. The lowest BCUT2D eigenvalue weighted by molar-refractivity contribution is -0.139. The Morgan fingerprint density at radius 1 is 1.45 bits per heavy atom. The van der Waals surface area contributed by atoms with Crippen molar-refractivity contribution in [3.05, 3.63) is 17.5 Å². The third-order valence-electron chi connectivity index (χ3n) is 3.20. The van der Waals surface area contributed by atoms with Crippen LogP contribution in [-0.4, -0.2) is 39.5 Å². The molecule has 20 heavy (non-hydrogen) atoms. The highest BCUT2D eigenvalue weighted by molar-refractivity contribution is 5.95. The number of nitrogens with zero attached hydrogens (tertiary/aromatic N) is 2. The van der Waals surface area contributed by atoms with Gasteiger partial charge < -0.3 is 10.4 Å². The van der Waals surface area contributed by atoms with E-state index in [2.05, 4.69) is 10.4 Å². The molecule has 1 aromatic rings. The molecule has 0 radical (unpaired) electrons. The van der Waals surface area contributed by atoms with Gasteiger partial charge in [0, 0.05) is 5.69 Å². The summed E-state index contributed by atoms with van der Waals surface area (Å²) in [5.41, 5.74) is 0.921. The zero-order valence-corrected chi connectivity index (χ0v) is 11.9. The Hall–Kier alpha value is -1.92. The van der Waals surface area contributed by atoms with E-state index in [1.807, 2.05) is 20.8 Å². The van der Waals surface area contributed by atoms with Crippen molar-refractivity contribution in [3.8, 4) is 0 Å². The number of aromatic nitrogens is 2. The van der Waals surface area contributed by atoms with Crippen LogP contribution in [0.15, 0.2) is 6.07 Å². The van der Waals surface area contributed by atoms with Gasteiger partial charge in [-0.25, -0.2) is 9.18 Å². The first-order valence-corrected chi connectivity index (χ1v) is 6.60. The maximum absolute atomic E-state index is 12.5. The highest BCUT2D eigenvalue weighted by Crippen LogP contribution is 2.17. The average molecular weight is 285 g/mol. The van der Waals surface area contributed by atoms with Crippen LogP contribution in [0.3, 0.4) is 0 Å². The summed E-state index contributed by atoms with van der Waals surface area (Å²) in [6.45, 7) is 4.72. The molecule has 0 bridgehead atoms. The Bertz CT molecular complexity index is 483. The van der Waals surface area contributed by atoms with Crippen LogP contribution < -0.4 is 5.32 Å². The largest absolute Gasteiger partial charge is 0.480 e. The van der Waals surface area contributed by atoms with Crippen LogP contribution in [0.25, 0.3) is 0 Å². The molecule has 6 nitrogen and oxygen atoms in total. The molecule has 1 amide bonds. The third-order valence-corrected chi connectivity index (χ3v) is 3.20. The SMILES string of the molecule is CCC(CC)n1nc(C(=O)NC(CF)C(=O)O)cc1C. The molecule has 0 saturated carbocycles. The molecule has 0 saturated heterocycles. The zero-order chi connectivity index (χ0) is 15.3. The Morgan fingerprint density at radius 3 is 2.50 bits per heavy atom. The summed E-state index contributed by atoms with van der Waals surface area (Å²) in [6.07, 6.45) is 1.75. The van der Waals surface area contributed by atoms with Crippen molar-refractivity contribution in [2.75, 3.05) is 6.67 Å². The lowest BCUT2D eigenvalue weighted by Crippen LogP contribution is -2.42. The minimum Gasteiger partial charge on any atom is -0.480 e.